The third-order valence-electron chi connectivity index (χ3n) is 2.53. The topological polar surface area (TPSA) is 61.8 Å². The average Bonchev–Trinajstić information content (AvgIpc) is 2.71. The SMILES string of the molecule is CCC(CC)C(O)C(Cl)c1ncn[nH]1. The number of aliphatic hydroxyl groups excluding tert-OH is 1. The second kappa shape index (κ2) is 5.32. The summed E-state index contributed by atoms with van der Waals surface area (Å²) in [5, 5.41) is 15.8. The average molecular weight is 218 g/mol. The van der Waals surface area contributed by atoms with Crippen molar-refractivity contribution in [1.82, 2.24) is 15.2 Å². The quantitative estimate of drug-likeness (QED) is 0.741. The smallest absolute Gasteiger partial charge is 0.144 e. The van der Waals surface area contributed by atoms with Crippen LogP contribution in [0.1, 0.15) is 37.9 Å². The lowest BCUT2D eigenvalue weighted by Crippen LogP contribution is -2.24. The van der Waals surface area contributed by atoms with Crippen molar-refractivity contribution in [1.29, 1.82) is 0 Å². The number of nitrogens with zero attached hydrogens (tertiary/aromatic N) is 2. The first-order chi connectivity index (χ1) is 6.70. The lowest BCUT2D eigenvalue weighted by molar-refractivity contribution is 0.0960. The maximum Gasteiger partial charge on any atom is 0.144 e. The normalized spacial score (nSPS) is 15.8. The Morgan fingerprint density at radius 2 is 2.14 bits per heavy atom. The van der Waals surface area contributed by atoms with Crippen LogP contribution in [-0.4, -0.2) is 26.4 Å². The van der Waals surface area contributed by atoms with Crippen molar-refractivity contribution in [2.45, 2.75) is 38.2 Å². The maximum atomic E-state index is 9.93. The van der Waals surface area contributed by atoms with Crippen molar-refractivity contribution >= 4 is 11.6 Å². The highest BCUT2D eigenvalue weighted by Crippen LogP contribution is 2.28. The predicted octanol–water partition coefficient (Wildman–Crippen LogP) is 1.88. The Hall–Kier alpha value is -0.610. The number of hydrogen-bond donors (Lipinski definition) is 2. The number of aromatic amines is 1. The molecule has 2 unspecified atom stereocenters. The summed E-state index contributed by atoms with van der Waals surface area (Å²) in [6.07, 6.45) is 2.65. The van der Waals surface area contributed by atoms with Crippen LogP contribution in [0.5, 0.6) is 0 Å². The van der Waals surface area contributed by atoms with Crippen LogP contribution < -0.4 is 0 Å². The molecular formula is C9H16ClN3O. The van der Waals surface area contributed by atoms with Crippen LogP contribution in [0.2, 0.25) is 0 Å². The third kappa shape index (κ3) is 2.45. The van der Waals surface area contributed by atoms with E-state index in [2.05, 4.69) is 15.2 Å². The van der Waals surface area contributed by atoms with E-state index in [0.29, 0.717) is 5.82 Å². The van der Waals surface area contributed by atoms with Crippen molar-refractivity contribution in [2.24, 2.45) is 5.92 Å². The van der Waals surface area contributed by atoms with Crippen LogP contribution >= 0.6 is 11.6 Å². The zero-order valence-corrected chi connectivity index (χ0v) is 9.20. The van der Waals surface area contributed by atoms with E-state index in [9.17, 15) is 5.11 Å². The van der Waals surface area contributed by atoms with Crippen LogP contribution in [-0.2, 0) is 0 Å². The first-order valence-electron chi connectivity index (χ1n) is 4.88. The predicted molar refractivity (Wildman–Crippen MR) is 55.1 cm³/mol. The van der Waals surface area contributed by atoms with Gasteiger partial charge in [-0.05, 0) is 5.92 Å². The molecule has 4 nitrogen and oxygen atoms in total. The van der Waals surface area contributed by atoms with Gasteiger partial charge in [-0.3, -0.25) is 5.10 Å². The van der Waals surface area contributed by atoms with Gasteiger partial charge in [-0.15, -0.1) is 11.6 Å². The van der Waals surface area contributed by atoms with E-state index in [0.717, 1.165) is 12.8 Å². The molecule has 1 aromatic rings. The highest BCUT2D eigenvalue weighted by atomic mass is 35.5. The van der Waals surface area contributed by atoms with Crippen LogP contribution in [0.15, 0.2) is 6.33 Å². The molecule has 0 aliphatic rings. The summed E-state index contributed by atoms with van der Waals surface area (Å²) in [5.74, 6) is 0.744. The van der Waals surface area contributed by atoms with Crippen molar-refractivity contribution in [3.8, 4) is 0 Å². The lowest BCUT2D eigenvalue weighted by atomic mass is 9.94. The first-order valence-corrected chi connectivity index (χ1v) is 5.31. The highest BCUT2D eigenvalue weighted by Gasteiger charge is 2.26. The summed E-state index contributed by atoms with van der Waals surface area (Å²) in [6.45, 7) is 4.09. The molecule has 0 bridgehead atoms. The minimum Gasteiger partial charge on any atom is -0.391 e. The number of H-pyrrole nitrogens is 1. The van der Waals surface area contributed by atoms with Gasteiger partial charge in [-0.1, -0.05) is 26.7 Å². The molecule has 0 saturated heterocycles. The second-order valence-corrected chi connectivity index (χ2v) is 3.81. The van der Waals surface area contributed by atoms with E-state index in [1.165, 1.54) is 6.33 Å². The molecule has 0 aliphatic heterocycles. The standard InChI is InChI=1S/C9H16ClN3O/c1-3-6(4-2)8(14)7(10)9-11-5-12-13-9/h5-8,14H,3-4H2,1-2H3,(H,11,12,13). The number of aromatic nitrogens is 3. The van der Waals surface area contributed by atoms with Crippen molar-refractivity contribution < 1.29 is 5.11 Å². The zero-order valence-electron chi connectivity index (χ0n) is 8.44. The van der Waals surface area contributed by atoms with Gasteiger partial charge in [0, 0.05) is 0 Å². The van der Waals surface area contributed by atoms with Gasteiger partial charge in [-0.25, -0.2) is 4.98 Å². The molecule has 2 atom stereocenters. The van der Waals surface area contributed by atoms with Gasteiger partial charge in [0.15, 0.2) is 0 Å². The highest BCUT2D eigenvalue weighted by molar-refractivity contribution is 6.20. The fourth-order valence-electron chi connectivity index (χ4n) is 1.52. The molecule has 0 saturated carbocycles. The molecule has 5 heteroatoms. The molecule has 14 heavy (non-hydrogen) atoms. The Morgan fingerprint density at radius 1 is 1.50 bits per heavy atom. The summed E-state index contributed by atoms with van der Waals surface area (Å²) in [6, 6.07) is 0. The zero-order chi connectivity index (χ0) is 10.6. The molecular weight excluding hydrogens is 202 g/mol. The van der Waals surface area contributed by atoms with E-state index < -0.39 is 11.5 Å². The molecule has 0 fully saturated rings. The van der Waals surface area contributed by atoms with Gasteiger partial charge in [0.05, 0.1) is 6.10 Å². The van der Waals surface area contributed by atoms with Gasteiger partial charge in [0.2, 0.25) is 0 Å². The fourth-order valence-corrected chi connectivity index (χ4v) is 1.83. The van der Waals surface area contributed by atoms with Crippen LogP contribution in [0.4, 0.5) is 0 Å². The Morgan fingerprint density at radius 3 is 2.57 bits per heavy atom. The molecule has 1 heterocycles. The molecule has 80 valence electrons. The molecule has 0 aliphatic carbocycles. The Bertz CT molecular complexity index is 249. The third-order valence-corrected chi connectivity index (χ3v) is 2.99. The summed E-state index contributed by atoms with van der Waals surface area (Å²) >= 11 is 6.07. The van der Waals surface area contributed by atoms with Crippen LogP contribution in [0.3, 0.4) is 0 Å². The summed E-state index contributed by atoms with van der Waals surface area (Å²) < 4.78 is 0. The largest absolute Gasteiger partial charge is 0.391 e. The molecule has 1 rings (SSSR count). The molecule has 0 radical (unpaired) electrons. The molecule has 0 aromatic carbocycles. The maximum absolute atomic E-state index is 9.93. The number of nitrogens with one attached hydrogen (secondary N) is 1. The van der Waals surface area contributed by atoms with Crippen molar-refractivity contribution in [3.05, 3.63) is 12.2 Å². The molecule has 0 amide bonds. The number of alkyl halides is 1. The Kier molecular flexibility index (Phi) is 4.35. The number of halogens is 1. The molecule has 2 N–H and O–H groups in total. The first kappa shape index (κ1) is 11.5. The van der Waals surface area contributed by atoms with Gasteiger partial charge in [0.1, 0.15) is 17.5 Å². The van der Waals surface area contributed by atoms with Crippen molar-refractivity contribution in [2.75, 3.05) is 0 Å². The Labute approximate surface area is 88.7 Å². The monoisotopic (exact) mass is 217 g/mol. The van der Waals surface area contributed by atoms with E-state index in [4.69, 9.17) is 11.6 Å². The van der Waals surface area contributed by atoms with E-state index in [-0.39, 0.29) is 5.92 Å². The molecule has 1 aromatic heterocycles. The van der Waals surface area contributed by atoms with Crippen LogP contribution in [0.25, 0.3) is 0 Å². The number of hydrogen-bond acceptors (Lipinski definition) is 3. The van der Waals surface area contributed by atoms with Gasteiger partial charge in [0.25, 0.3) is 0 Å². The van der Waals surface area contributed by atoms with Crippen molar-refractivity contribution in [3.63, 3.8) is 0 Å². The van der Waals surface area contributed by atoms with Gasteiger partial charge in [-0.2, -0.15) is 5.10 Å². The van der Waals surface area contributed by atoms with Crippen LogP contribution in [0, 0.1) is 5.92 Å². The van der Waals surface area contributed by atoms with Gasteiger partial charge < -0.3 is 5.11 Å². The summed E-state index contributed by atoms with van der Waals surface area (Å²) in [4.78, 5) is 3.93. The minimum absolute atomic E-state index is 0.211. The van der Waals surface area contributed by atoms with E-state index in [1.807, 2.05) is 13.8 Å². The Balaban J connectivity index is 2.64. The number of rotatable bonds is 5. The fraction of sp³-hybridized carbons (Fsp3) is 0.778. The van der Waals surface area contributed by atoms with Gasteiger partial charge >= 0.3 is 0 Å². The lowest BCUT2D eigenvalue weighted by Gasteiger charge is -2.22. The van der Waals surface area contributed by atoms with E-state index in [1.54, 1.807) is 0 Å². The summed E-state index contributed by atoms with van der Waals surface area (Å²) in [7, 11) is 0. The summed E-state index contributed by atoms with van der Waals surface area (Å²) in [5.41, 5.74) is 0. The number of aliphatic hydroxyl groups is 1. The molecule has 0 spiro atoms. The van der Waals surface area contributed by atoms with E-state index >= 15 is 0 Å². The second-order valence-electron chi connectivity index (χ2n) is 3.34. The minimum atomic E-state index is -0.570.